The van der Waals surface area contributed by atoms with Crippen LogP contribution in [0.25, 0.3) is 0 Å². The number of carbonyl (C=O) groups excluding carboxylic acids is 3. The van der Waals surface area contributed by atoms with Crippen molar-refractivity contribution in [2.45, 2.75) is 43.7 Å². The van der Waals surface area contributed by atoms with Gasteiger partial charge in [-0.2, -0.15) is 0 Å². The highest BCUT2D eigenvalue weighted by molar-refractivity contribution is 7.89. The van der Waals surface area contributed by atoms with E-state index in [1.54, 1.807) is 18.2 Å². The van der Waals surface area contributed by atoms with Crippen LogP contribution in [-0.4, -0.2) is 43.9 Å². The Morgan fingerprint density at radius 1 is 1.12 bits per heavy atom. The highest BCUT2D eigenvalue weighted by Crippen LogP contribution is 2.34. The molecule has 3 amide bonds. The maximum Gasteiger partial charge on any atom is 0.257 e. The van der Waals surface area contributed by atoms with Crippen molar-refractivity contribution in [3.8, 4) is 11.5 Å². The zero-order chi connectivity index (χ0) is 23.8. The molecule has 2 aliphatic heterocycles. The van der Waals surface area contributed by atoms with Crippen LogP contribution in [-0.2, 0) is 31.0 Å². The Morgan fingerprint density at radius 3 is 2.48 bits per heavy atom. The van der Waals surface area contributed by atoms with Crippen molar-refractivity contribution in [2.24, 2.45) is 5.14 Å². The van der Waals surface area contributed by atoms with E-state index in [1.165, 1.54) is 29.2 Å². The van der Waals surface area contributed by atoms with Crippen molar-refractivity contribution in [1.29, 1.82) is 0 Å². The highest BCUT2D eigenvalue weighted by atomic mass is 32.2. The fraction of sp³-hybridized carbons (Fsp3) is 0.318. The summed E-state index contributed by atoms with van der Waals surface area (Å²) >= 11 is 0. The van der Waals surface area contributed by atoms with Gasteiger partial charge in [0.2, 0.25) is 28.6 Å². The van der Waals surface area contributed by atoms with Gasteiger partial charge in [0.25, 0.3) is 5.91 Å². The average Bonchev–Trinajstić information content (AvgIpc) is 3.35. The number of fused-ring (bicyclic) bond motifs is 1. The molecule has 1 atom stereocenters. The van der Waals surface area contributed by atoms with Crippen molar-refractivity contribution in [3.63, 3.8) is 0 Å². The second-order valence-electron chi connectivity index (χ2n) is 7.79. The van der Waals surface area contributed by atoms with Crippen LogP contribution in [0.3, 0.4) is 0 Å². The first kappa shape index (κ1) is 22.7. The smallest absolute Gasteiger partial charge is 0.257 e. The summed E-state index contributed by atoms with van der Waals surface area (Å²) in [5, 5.41) is 5.11. The molecule has 0 aromatic heterocycles. The number of anilines is 1. The van der Waals surface area contributed by atoms with Crippen molar-refractivity contribution < 1.29 is 32.3 Å². The van der Waals surface area contributed by atoms with Crippen LogP contribution >= 0.6 is 0 Å². The summed E-state index contributed by atoms with van der Waals surface area (Å²) < 4.78 is 33.7. The number of nitrogens with zero attached hydrogens (tertiary/aromatic N) is 2. The van der Waals surface area contributed by atoms with Crippen LogP contribution in [0.5, 0.6) is 11.5 Å². The number of benzene rings is 2. The molecule has 0 saturated carbocycles. The second kappa shape index (κ2) is 8.83. The summed E-state index contributed by atoms with van der Waals surface area (Å²) in [7, 11) is -3.91. The number of primary sulfonamides is 1. The van der Waals surface area contributed by atoms with Gasteiger partial charge in [0.05, 0.1) is 17.0 Å². The number of imide groups is 1. The van der Waals surface area contributed by atoms with Crippen molar-refractivity contribution in [3.05, 3.63) is 48.0 Å². The number of hydrogen-bond donors (Lipinski definition) is 1. The second-order valence-corrected chi connectivity index (χ2v) is 9.35. The van der Waals surface area contributed by atoms with Gasteiger partial charge in [0, 0.05) is 13.0 Å². The molecule has 1 unspecified atom stereocenters. The monoisotopic (exact) mass is 473 g/mol. The molecule has 33 heavy (non-hydrogen) atoms. The van der Waals surface area contributed by atoms with E-state index in [0.29, 0.717) is 17.9 Å². The molecule has 11 heteroatoms. The van der Waals surface area contributed by atoms with E-state index in [4.69, 9.17) is 14.6 Å². The van der Waals surface area contributed by atoms with Crippen molar-refractivity contribution in [1.82, 2.24) is 4.90 Å². The summed E-state index contributed by atoms with van der Waals surface area (Å²) in [6.45, 7) is 2.10. The molecule has 2 aliphatic rings. The fourth-order valence-corrected chi connectivity index (χ4v) is 4.40. The van der Waals surface area contributed by atoms with Crippen LogP contribution < -0.4 is 19.5 Å². The van der Waals surface area contributed by atoms with Gasteiger partial charge in [0.1, 0.15) is 6.04 Å². The molecule has 1 fully saturated rings. The summed E-state index contributed by atoms with van der Waals surface area (Å²) in [6.07, 6.45) is 0.644. The van der Waals surface area contributed by atoms with Crippen LogP contribution in [0.1, 0.15) is 31.7 Å². The van der Waals surface area contributed by atoms with E-state index < -0.39 is 27.9 Å². The van der Waals surface area contributed by atoms with Crippen LogP contribution in [0.15, 0.2) is 47.4 Å². The normalized spacial score (nSPS) is 17.5. The molecule has 0 spiro atoms. The fourth-order valence-electron chi connectivity index (χ4n) is 3.88. The number of ether oxygens (including phenoxy) is 2. The van der Waals surface area contributed by atoms with Gasteiger partial charge in [0.15, 0.2) is 11.5 Å². The molecule has 0 aliphatic carbocycles. The third kappa shape index (κ3) is 4.55. The largest absolute Gasteiger partial charge is 0.454 e. The predicted molar refractivity (Wildman–Crippen MR) is 117 cm³/mol. The summed E-state index contributed by atoms with van der Waals surface area (Å²) in [4.78, 5) is 41.2. The maximum absolute atomic E-state index is 13.2. The van der Waals surface area contributed by atoms with Gasteiger partial charge < -0.3 is 14.4 Å². The Balaban J connectivity index is 1.60. The quantitative estimate of drug-likeness (QED) is 0.602. The molecule has 10 nitrogen and oxygen atoms in total. The first-order valence-electron chi connectivity index (χ1n) is 10.4. The molecule has 2 heterocycles. The molecular formula is C22H23N3O7S. The lowest BCUT2D eigenvalue weighted by atomic mass is 10.1. The summed E-state index contributed by atoms with van der Waals surface area (Å²) in [6, 6.07) is 9.43. The number of amides is 3. The Labute approximate surface area is 190 Å². The molecule has 0 radical (unpaired) electrons. The molecule has 0 bridgehead atoms. The minimum atomic E-state index is -3.91. The third-order valence-corrected chi connectivity index (χ3v) is 6.43. The van der Waals surface area contributed by atoms with Crippen LogP contribution in [0, 0.1) is 0 Å². The lowest BCUT2D eigenvalue weighted by Gasteiger charge is -2.28. The van der Waals surface area contributed by atoms with E-state index in [-0.39, 0.29) is 42.7 Å². The van der Waals surface area contributed by atoms with Crippen LogP contribution in [0.4, 0.5) is 5.69 Å². The number of hydrogen-bond acceptors (Lipinski definition) is 7. The molecule has 2 N–H and O–H groups in total. The Bertz CT molecular complexity index is 1210. The lowest BCUT2D eigenvalue weighted by Crippen LogP contribution is -2.45. The predicted octanol–water partition coefficient (Wildman–Crippen LogP) is 1.52. The maximum atomic E-state index is 13.2. The SMILES string of the molecule is CCCC(=O)N(Cc1ccc2c(c1)OCO2)C1CC(=O)N(c2ccc(S(N)(=O)=O)cc2)C1=O. The van der Waals surface area contributed by atoms with Crippen molar-refractivity contribution >= 4 is 33.4 Å². The zero-order valence-electron chi connectivity index (χ0n) is 17.9. The van der Waals surface area contributed by atoms with Gasteiger partial charge in [-0.1, -0.05) is 13.0 Å². The minimum Gasteiger partial charge on any atom is -0.454 e. The summed E-state index contributed by atoms with van der Waals surface area (Å²) in [5.41, 5.74) is 0.950. The van der Waals surface area contributed by atoms with E-state index in [2.05, 4.69) is 0 Å². The Kier molecular flexibility index (Phi) is 6.09. The average molecular weight is 474 g/mol. The van der Waals surface area contributed by atoms with Gasteiger partial charge in [-0.3, -0.25) is 14.4 Å². The third-order valence-electron chi connectivity index (χ3n) is 5.50. The molecule has 174 valence electrons. The molecule has 1 saturated heterocycles. The molecule has 4 rings (SSSR count). The topological polar surface area (TPSA) is 136 Å². The number of rotatable bonds is 7. The number of carbonyl (C=O) groups is 3. The highest BCUT2D eigenvalue weighted by Gasteiger charge is 2.44. The molecular weight excluding hydrogens is 450 g/mol. The Morgan fingerprint density at radius 2 is 1.82 bits per heavy atom. The number of nitrogens with two attached hydrogens (primary N) is 1. The van der Waals surface area contributed by atoms with Gasteiger partial charge >= 0.3 is 0 Å². The number of sulfonamides is 1. The lowest BCUT2D eigenvalue weighted by molar-refractivity contribution is -0.139. The zero-order valence-corrected chi connectivity index (χ0v) is 18.7. The van der Waals surface area contributed by atoms with E-state index >= 15 is 0 Å². The first-order valence-corrected chi connectivity index (χ1v) is 11.9. The van der Waals surface area contributed by atoms with Gasteiger partial charge in [-0.05, 0) is 48.4 Å². The first-order chi connectivity index (χ1) is 15.7. The van der Waals surface area contributed by atoms with Gasteiger partial charge in [-0.15, -0.1) is 0 Å². The van der Waals surface area contributed by atoms with Gasteiger partial charge in [-0.25, -0.2) is 18.5 Å². The van der Waals surface area contributed by atoms with E-state index in [0.717, 1.165) is 10.5 Å². The van der Waals surface area contributed by atoms with E-state index in [9.17, 15) is 22.8 Å². The molecule has 2 aromatic carbocycles. The van der Waals surface area contributed by atoms with Crippen molar-refractivity contribution in [2.75, 3.05) is 11.7 Å². The Hall–Kier alpha value is -3.44. The molecule has 2 aromatic rings. The standard InChI is InChI=1S/C22H23N3O7S/c1-2-3-20(26)24(12-14-4-9-18-19(10-14)32-13-31-18)17-11-21(27)25(22(17)28)15-5-7-16(8-6-15)33(23,29)30/h4-10,17H,2-3,11-13H2,1H3,(H2,23,29,30). The minimum absolute atomic E-state index is 0.117. The van der Waals surface area contributed by atoms with Crippen LogP contribution in [0.2, 0.25) is 0 Å². The summed E-state index contributed by atoms with van der Waals surface area (Å²) in [5.74, 6) is -0.109. The van der Waals surface area contributed by atoms with E-state index in [1.807, 2.05) is 6.92 Å².